The predicted octanol–water partition coefficient (Wildman–Crippen LogP) is 2.86. The van der Waals surface area contributed by atoms with E-state index in [0.29, 0.717) is 19.1 Å². The minimum Gasteiger partial charge on any atom is -0.473 e. The third kappa shape index (κ3) is 4.70. The van der Waals surface area contributed by atoms with Crippen LogP contribution in [-0.4, -0.2) is 85.3 Å². The van der Waals surface area contributed by atoms with E-state index in [0.717, 1.165) is 49.7 Å². The molecule has 5 atom stereocenters. The van der Waals surface area contributed by atoms with E-state index in [1.807, 2.05) is 36.4 Å². The van der Waals surface area contributed by atoms with Crippen LogP contribution in [0.1, 0.15) is 12.8 Å². The molecule has 0 spiro atoms. The number of piperazine rings is 1. The van der Waals surface area contributed by atoms with Crippen LogP contribution in [0.2, 0.25) is 5.02 Å². The summed E-state index contributed by atoms with van der Waals surface area (Å²) in [6.45, 7) is 4.22. The largest absolute Gasteiger partial charge is 0.473 e. The molecular formula is C25H32ClN3O4. The normalized spacial score (nSPS) is 32.5. The molecule has 178 valence electrons. The minimum absolute atomic E-state index is 0.00852. The summed E-state index contributed by atoms with van der Waals surface area (Å²) in [5.41, 5.74) is 0.178. The highest BCUT2D eigenvalue weighted by molar-refractivity contribution is 6.30. The van der Waals surface area contributed by atoms with Gasteiger partial charge in [0.1, 0.15) is 11.7 Å². The molecule has 2 aliphatic heterocycles. The molecule has 8 heteroatoms. The fraction of sp³-hybridized carbons (Fsp3) is 0.560. The Morgan fingerprint density at radius 2 is 2.00 bits per heavy atom. The van der Waals surface area contributed by atoms with Crippen molar-refractivity contribution < 1.29 is 19.3 Å². The second kappa shape index (κ2) is 9.76. The summed E-state index contributed by atoms with van der Waals surface area (Å²) in [5, 5.41) is 12.7. The Labute approximate surface area is 200 Å². The number of anilines is 1. The number of nitrogens with zero attached hydrogens (tertiary/aromatic N) is 3. The van der Waals surface area contributed by atoms with E-state index in [-0.39, 0.29) is 24.2 Å². The van der Waals surface area contributed by atoms with Gasteiger partial charge in [0, 0.05) is 56.3 Å². The minimum atomic E-state index is -0.956. The number of aliphatic hydroxyl groups is 1. The van der Waals surface area contributed by atoms with Crippen molar-refractivity contribution in [2.24, 2.45) is 5.92 Å². The standard InChI is InChI=1S/C25H32ClN3O4/c1-31-16-21-13-18-14-22(33-23-7-2-3-8-27-23)24(25(18,30)17-32-21)29-11-9-28(10-12-29)20-6-4-5-19(26)15-20/h2-8,15,18,21-22,24,30H,9-14,16-17H2,1H3/t18-,21+,22+,24-,25-/m0/s1. The van der Waals surface area contributed by atoms with E-state index in [1.54, 1.807) is 13.3 Å². The van der Waals surface area contributed by atoms with Gasteiger partial charge in [0.15, 0.2) is 0 Å². The van der Waals surface area contributed by atoms with Crippen molar-refractivity contribution in [3.8, 4) is 5.88 Å². The Bertz CT molecular complexity index is 927. The Morgan fingerprint density at radius 1 is 1.15 bits per heavy atom. The van der Waals surface area contributed by atoms with Gasteiger partial charge in [0.2, 0.25) is 5.88 Å². The molecule has 1 aliphatic carbocycles. The highest BCUT2D eigenvalue weighted by Crippen LogP contribution is 2.46. The number of halogens is 1. The van der Waals surface area contributed by atoms with Crippen molar-refractivity contribution >= 4 is 17.3 Å². The molecule has 2 aromatic rings. The van der Waals surface area contributed by atoms with Gasteiger partial charge in [-0.3, -0.25) is 4.90 Å². The van der Waals surface area contributed by atoms with E-state index in [9.17, 15) is 5.11 Å². The summed E-state index contributed by atoms with van der Waals surface area (Å²) in [6, 6.07) is 13.5. The topological polar surface area (TPSA) is 67.3 Å². The molecule has 0 unspecified atom stereocenters. The molecule has 3 heterocycles. The molecule has 1 aromatic carbocycles. The number of aromatic nitrogens is 1. The van der Waals surface area contributed by atoms with Crippen LogP contribution in [0.3, 0.4) is 0 Å². The molecule has 3 fully saturated rings. The SMILES string of the molecule is COC[C@H]1C[C@H]2C[C@@H](Oc3ccccn3)[C@H](N3CCN(c4cccc(Cl)c4)CC3)[C@]2(O)CO1. The third-order valence-corrected chi connectivity index (χ3v) is 7.56. The zero-order chi connectivity index (χ0) is 22.8. The van der Waals surface area contributed by atoms with Crippen molar-refractivity contribution in [3.63, 3.8) is 0 Å². The maximum atomic E-state index is 11.9. The lowest BCUT2D eigenvalue weighted by Gasteiger charge is -2.48. The van der Waals surface area contributed by atoms with Gasteiger partial charge in [-0.15, -0.1) is 0 Å². The van der Waals surface area contributed by atoms with Crippen molar-refractivity contribution in [3.05, 3.63) is 53.7 Å². The lowest BCUT2D eigenvalue weighted by atomic mass is 9.82. The van der Waals surface area contributed by atoms with Crippen LogP contribution in [0, 0.1) is 5.92 Å². The van der Waals surface area contributed by atoms with Crippen LogP contribution in [-0.2, 0) is 9.47 Å². The molecule has 0 amide bonds. The van der Waals surface area contributed by atoms with E-state index < -0.39 is 5.60 Å². The number of benzene rings is 1. The van der Waals surface area contributed by atoms with Crippen LogP contribution < -0.4 is 9.64 Å². The Kier molecular flexibility index (Phi) is 6.77. The smallest absolute Gasteiger partial charge is 0.213 e. The molecule has 33 heavy (non-hydrogen) atoms. The number of hydrogen-bond acceptors (Lipinski definition) is 7. The van der Waals surface area contributed by atoms with Gasteiger partial charge >= 0.3 is 0 Å². The van der Waals surface area contributed by atoms with Crippen molar-refractivity contribution in [2.75, 3.05) is 51.4 Å². The second-order valence-electron chi connectivity index (χ2n) is 9.32. The van der Waals surface area contributed by atoms with Gasteiger partial charge < -0.3 is 24.2 Å². The lowest BCUT2D eigenvalue weighted by Crippen LogP contribution is -2.64. The molecule has 7 nitrogen and oxygen atoms in total. The summed E-state index contributed by atoms with van der Waals surface area (Å²) >= 11 is 6.21. The fourth-order valence-electron chi connectivity index (χ4n) is 5.79. The monoisotopic (exact) mass is 473 g/mol. The first-order valence-corrected chi connectivity index (χ1v) is 12.1. The maximum Gasteiger partial charge on any atom is 0.213 e. The van der Waals surface area contributed by atoms with Crippen LogP contribution in [0.4, 0.5) is 5.69 Å². The molecule has 1 aromatic heterocycles. The summed E-state index contributed by atoms with van der Waals surface area (Å²) < 4.78 is 17.8. The van der Waals surface area contributed by atoms with Crippen LogP contribution in [0.15, 0.2) is 48.7 Å². The summed E-state index contributed by atoms with van der Waals surface area (Å²) in [4.78, 5) is 9.10. The van der Waals surface area contributed by atoms with Gasteiger partial charge in [-0.2, -0.15) is 0 Å². The third-order valence-electron chi connectivity index (χ3n) is 7.33. The van der Waals surface area contributed by atoms with Crippen LogP contribution in [0.5, 0.6) is 5.88 Å². The maximum absolute atomic E-state index is 11.9. The zero-order valence-electron chi connectivity index (χ0n) is 19.0. The summed E-state index contributed by atoms with van der Waals surface area (Å²) in [5.74, 6) is 0.692. The lowest BCUT2D eigenvalue weighted by molar-refractivity contribution is -0.179. The highest BCUT2D eigenvalue weighted by Gasteiger charge is 2.60. The Hall–Kier alpha value is -1.90. The number of ether oxygens (including phenoxy) is 3. The molecule has 0 radical (unpaired) electrons. The number of fused-ring (bicyclic) bond motifs is 1. The fourth-order valence-corrected chi connectivity index (χ4v) is 5.97. The highest BCUT2D eigenvalue weighted by atomic mass is 35.5. The first-order chi connectivity index (χ1) is 16.1. The van der Waals surface area contributed by atoms with Crippen LogP contribution in [0.25, 0.3) is 0 Å². The number of pyridine rings is 1. The average Bonchev–Trinajstić information content (AvgIpc) is 3.11. The van der Waals surface area contributed by atoms with Gasteiger partial charge in [-0.1, -0.05) is 23.7 Å². The van der Waals surface area contributed by atoms with Gasteiger partial charge in [-0.05, 0) is 43.0 Å². The van der Waals surface area contributed by atoms with Gasteiger partial charge in [0.25, 0.3) is 0 Å². The zero-order valence-corrected chi connectivity index (χ0v) is 19.7. The Balaban J connectivity index is 1.34. The number of hydrogen-bond donors (Lipinski definition) is 1. The molecule has 3 aliphatic rings. The quantitative estimate of drug-likeness (QED) is 0.691. The number of rotatable bonds is 6. The van der Waals surface area contributed by atoms with Gasteiger partial charge in [0.05, 0.1) is 25.4 Å². The molecule has 1 N–H and O–H groups in total. The van der Waals surface area contributed by atoms with Crippen molar-refractivity contribution in [1.82, 2.24) is 9.88 Å². The predicted molar refractivity (Wildman–Crippen MR) is 127 cm³/mol. The molecular weight excluding hydrogens is 442 g/mol. The molecule has 1 saturated carbocycles. The molecule has 5 rings (SSSR count). The first kappa shape index (κ1) is 22.9. The van der Waals surface area contributed by atoms with Crippen molar-refractivity contribution in [2.45, 2.75) is 36.7 Å². The summed E-state index contributed by atoms with van der Waals surface area (Å²) in [7, 11) is 1.69. The molecule has 2 saturated heterocycles. The average molecular weight is 474 g/mol. The Morgan fingerprint density at radius 3 is 2.73 bits per heavy atom. The van der Waals surface area contributed by atoms with E-state index in [4.69, 9.17) is 25.8 Å². The molecule has 0 bridgehead atoms. The van der Waals surface area contributed by atoms with E-state index >= 15 is 0 Å². The van der Waals surface area contributed by atoms with Gasteiger partial charge in [-0.25, -0.2) is 4.98 Å². The van der Waals surface area contributed by atoms with E-state index in [2.05, 4.69) is 20.9 Å². The van der Waals surface area contributed by atoms with E-state index in [1.165, 1.54) is 0 Å². The summed E-state index contributed by atoms with van der Waals surface area (Å²) in [6.07, 6.45) is 3.13. The first-order valence-electron chi connectivity index (χ1n) is 11.7. The van der Waals surface area contributed by atoms with Crippen LogP contribution >= 0.6 is 11.6 Å². The van der Waals surface area contributed by atoms with Crippen molar-refractivity contribution in [1.29, 1.82) is 0 Å². The number of methoxy groups -OCH3 is 1. The second-order valence-corrected chi connectivity index (χ2v) is 9.76.